The van der Waals surface area contributed by atoms with E-state index in [9.17, 15) is 13.6 Å². The number of hydrogen-bond donors (Lipinski definition) is 0. The van der Waals surface area contributed by atoms with E-state index in [0.29, 0.717) is 10.6 Å². The van der Waals surface area contributed by atoms with Crippen molar-refractivity contribution < 1.29 is 22.7 Å². The normalized spacial score (nSPS) is 11.1. The first kappa shape index (κ1) is 20.7. The minimum atomic E-state index is -3.04. The zero-order valence-electron chi connectivity index (χ0n) is 15.7. The van der Waals surface area contributed by atoms with E-state index in [1.54, 1.807) is 44.2 Å². The Balaban J connectivity index is 1.85. The maximum atomic E-state index is 13.0. The van der Waals surface area contributed by atoms with Crippen molar-refractivity contribution >= 4 is 17.5 Å². The van der Waals surface area contributed by atoms with E-state index in [0.717, 1.165) is 0 Å². The van der Waals surface area contributed by atoms with Crippen LogP contribution in [0, 0.1) is 0 Å². The number of carbonyl (C=O) groups excluding carboxylic acids is 1. The minimum absolute atomic E-state index is 0.00301. The Labute approximate surface area is 171 Å². The van der Waals surface area contributed by atoms with Gasteiger partial charge in [0.1, 0.15) is 5.75 Å². The number of alkyl halides is 2. The van der Waals surface area contributed by atoms with Crippen molar-refractivity contribution in [2.75, 3.05) is 0 Å². The Bertz CT molecular complexity index is 994. The molecule has 0 N–H and O–H groups in total. The van der Waals surface area contributed by atoms with E-state index in [-0.39, 0.29) is 35.7 Å². The number of hydrogen-bond acceptors (Lipinski definition) is 5. The smallest absolute Gasteiger partial charge is 0.387 e. The van der Waals surface area contributed by atoms with Crippen molar-refractivity contribution in [2.24, 2.45) is 0 Å². The van der Waals surface area contributed by atoms with Gasteiger partial charge in [0, 0.05) is 6.04 Å². The van der Waals surface area contributed by atoms with Crippen LogP contribution in [0.3, 0.4) is 0 Å². The lowest BCUT2D eigenvalue weighted by Gasteiger charge is -2.26. The molecule has 0 fully saturated rings. The summed E-state index contributed by atoms with van der Waals surface area (Å²) in [5, 5.41) is 8.42. The Hall–Kier alpha value is -3.00. The van der Waals surface area contributed by atoms with Crippen LogP contribution in [-0.2, 0) is 6.54 Å². The summed E-state index contributed by atoms with van der Waals surface area (Å²) in [5.41, 5.74) is 0.596. The van der Waals surface area contributed by atoms with Crippen LogP contribution in [0.5, 0.6) is 5.75 Å². The highest BCUT2D eigenvalue weighted by molar-refractivity contribution is 6.33. The second kappa shape index (κ2) is 9.00. The van der Waals surface area contributed by atoms with Crippen LogP contribution < -0.4 is 4.74 Å². The van der Waals surface area contributed by atoms with Gasteiger partial charge in [0.05, 0.1) is 22.7 Å². The number of benzene rings is 2. The minimum Gasteiger partial charge on any atom is -0.434 e. The van der Waals surface area contributed by atoms with Gasteiger partial charge < -0.3 is 14.1 Å². The maximum absolute atomic E-state index is 13.0. The number of amides is 1. The van der Waals surface area contributed by atoms with E-state index < -0.39 is 12.5 Å². The molecule has 0 aliphatic rings. The molecule has 1 aromatic heterocycles. The molecule has 1 heterocycles. The van der Waals surface area contributed by atoms with Gasteiger partial charge in [0.25, 0.3) is 5.91 Å². The van der Waals surface area contributed by atoms with Crippen LogP contribution in [0.4, 0.5) is 8.78 Å². The Kier molecular flexibility index (Phi) is 6.43. The SMILES string of the molecule is CC(C)N(Cc1nnc(-c2ccccc2Cl)o1)C(=O)c1ccccc1OC(F)F. The molecule has 0 aliphatic heterocycles. The molecule has 3 aromatic rings. The quantitative estimate of drug-likeness (QED) is 0.534. The molecule has 3 rings (SSSR count). The van der Waals surface area contributed by atoms with E-state index >= 15 is 0 Å². The summed E-state index contributed by atoms with van der Waals surface area (Å²) in [6, 6.07) is 12.6. The van der Waals surface area contributed by atoms with E-state index in [2.05, 4.69) is 14.9 Å². The molecular formula is C20H18ClF2N3O3. The molecule has 0 radical (unpaired) electrons. The van der Waals surface area contributed by atoms with Crippen LogP contribution in [0.1, 0.15) is 30.1 Å². The van der Waals surface area contributed by atoms with Gasteiger partial charge in [-0.25, -0.2) is 0 Å². The molecule has 0 aliphatic carbocycles. The van der Waals surface area contributed by atoms with Crippen molar-refractivity contribution in [1.82, 2.24) is 15.1 Å². The van der Waals surface area contributed by atoms with Gasteiger partial charge in [-0.1, -0.05) is 35.9 Å². The van der Waals surface area contributed by atoms with E-state index in [1.165, 1.54) is 23.1 Å². The zero-order valence-corrected chi connectivity index (χ0v) is 16.4. The van der Waals surface area contributed by atoms with Gasteiger partial charge in [-0.15, -0.1) is 10.2 Å². The Morgan fingerprint density at radius 2 is 1.83 bits per heavy atom. The van der Waals surface area contributed by atoms with Crippen LogP contribution in [0.25, 0.3) is 11.5 Å². The first-order valence-electron chi connectivity index (χ1n) is 8.79. The average molecular weight is 422 g/mol. The maximum Gasteiger partial charge on any atom is 0.387 e. The summed E-state index contributed by atoms with van der Waals surface area (Å²) in [6.07, 6.45) is 0. The number of carbonyl (C=O) groups is 1. The molecule has 29 heavy (non-hydrogen) atoms. The Morgan fingerprint density at radius 3 is 2.52 bits per heavy atom. The van der Waals surface area contributed by atoms with Gasteiger partial charge >= 0.3 is 6.61 Å². The summed E-state index contributed by atoms with van der Waals surface area (Å²) >= 11 is 6.15. The van der Waals surface area contributed by atoms with Crippen molar-refractivity contribution in [3.8, 4) is 17.2 Å². The molecule has 152 valence electrons. The molecule has 0 spiro atoms. The van der Waals surface area contributed by atoms with Crippen LogP contribution in [-0.4, -0.2) is 33.7 Å². The predicted molar refractivity (Wildman–Crippen MR) is 103 cm³/mol. The van der Waals surface area contributed by atoms with Crippen LogP contribution >= 0.6 is 11.6 Å². The molecule has 0 atom stereocenters. The highest BCUT2D eigenvalue weighted by atomic mass is 35.5. The summed E-state index contributed by atoms with van der Waals surface area (Å²) in [7, 11) is 0. The standard InChI is InChI=1S/C20H18ClF2N3O3/c1-12(2)26(19(27)14-8-4-6-10-16(14)28-20(22)23)11-17-24-25-18(29-17)13-7-3-5-9-15(13)21/h3-10,12,20H,11H2,1-2H3. The number of para-hydroxylation sites is 1. The fraction of sp³-hybridized carbons (Fsp3) is 0.250. The third-order valence-electron chi connectivity index (χ3n) is 4.09. The monoisotopic (exact) mass is 421 g/mol. The van der Waals surface area contributed by atoms with Crippen molar-refractivity contribution in [3.63, 3.8) is 0 Å². The molecule has 0 saturated carbocycles. The van der Waals surface area contributed by atoms with Crippen molar-refractivity contribution in [2.45, 2.75) is 33.0 Å². The molecular weight excluding hydrogens is 404 g/mol. The largest absolute Gasteiger partial charge is 0.434 e. The number of ether oxygens (including phenoxy) is 1. The average Bonchev–Trinajstić information content (AvgIpc) is 3.14. The third kappa shape index (κ3) is 4.89. The number of rotatable bonds is 7. The van der Waals surface area contributed by atoms with Crippen molar-refractivity contribution in [1.29, 1.82) is 0 Å². The lowest BCUT2D eigenvalue weighted by Crippen LogP contribution is -2.36. The van der Waals surface area contributed by atoms with Crippen LogP contribution in [0.2, 0.25) is 5.02 Å². The molecule has 6 nitrogen and oxygen atoms in total. The van der Waals surface area contributed by atoms with Crippen molar-refractivity contribution in [3.05, 3.63) is 65.0 Å². The van der Waals surface area contributed by atoms with Gasteiger partial charge in [0.2, 0.25) is 11.8 Å². The molecule has 0 unspecified atom stereocenters. The van der Waals surface area contributed by atoms with Crippen LogP contribution in [0.15, 0.2) is 52.9 Å². The van der Waals surface area contributed by atoms with Gasteiger partial charge in [0.15, 0.2) is 0 Å². The lowest BCUT2D eigenvalue weighted by atomic mass is 10.1. The van der Waals surface area contributed by atoms with Gasteiger partial charge in [-0.05, 0) is 38.1 Å². The molecule has 9 heteroatoms. The zero-order chi connectivity index (χ0) is 21.0. The summed E-state index contributed by atoms with van der Waals surface area (Å²) in [6.45, 7) is 0.543. The molecule has 2 aromatic carbocycles. The summed E-state index contributed by atoms with van der Waals surface area (Å²) in [4.78, 5) is 14.4. The summed E-state index contributed by atoms with van der Waals surface area (Å²) in [5.74, 6) is -0.272. The first-order valence-corrected chi connectivity index (χ1v) is 9.16. The van der Waals surface area contributed by atoms with Gasteiger partial charge in [-0.3, -0.25) is 4.79 Å². The Morgan fingerprint density at radius 1 is 1.14 bits per heavy atom. The summed E-state index contributed by atoms with van der Waals surface area (Å²) < 4.78 is 35.5. The lowest BCUT2D eigenvalue weighted by molar-refractivity contribution is -0.0503. The highest BCUT2D eigenvalue weighted by Crippen LogP contribution is 2.27. The molecule has 0 bridgehead atoms. The van der Waals surface area contributed by atoms with Gasteiger partial charge in [-0.2, -0.15) is 8.78 Å². The first-order chi connectivity index (χ1) is 13.9. The van der Waals surface area contributed by atoms with E-state index in [1.807, 2.05) is 0 Å². The highest BCUT2D eigenvalue weighted by Gasteiger charge is 2.25. The topological polar surface area (TPSA) is 68.5 Å². The number of aromatic nitrogens is 2. The second-order valence-corrected chi connectivity index (χ2v) is 6.79. The number of halogens is 3. The fourth-order valence-corrected chi connectivity index (χ4v) is 2.91. The predicted octanol–water partition coefficient (Wildman–Crippen LogP) is 5.04. The molecule has 1 amide bonds. The third-order valence-corrected chi connectivity index (χ3v) is 4.42. The fourth-order valence-electron chi connectivity index (χ4n) is 2.69. The van der Waals surface area contributed by atoms with E-state index in [4.69, 9.17) is 16.0 Å². The number of nitrogens with zero attached hydrogens (tertiary/aromatic N) is 3. The second-order valence-electron chi connectivity index (χ2n) is 6.38. The molecule has 0 saturated heterocycles.